The van der Waals surface area contributed by atoms with Crippen LogP contribution in [-0.2, 0) is 6.54 Å². The monoisotopic (exact) mass is 345 g/mol. The highest BCUT2D eigenvalue weighted by Crippen LogP contribution is 2.13. The maximum Gasteiger partial charge on any atom is 0.253 e. The van der Waals surface area contributed by atoms with E-state index in [0.29, 0.717) is 17.8 Å². The predicted molar refractivity (Wildman–Crippen MR) is 93.9 cm³/mol. The minimum atomic E-state index is -0.185. The summed E-state index contributed by atoms with van der Waals surface area (Å²) < 4.78 is 3.38. The molecular formula is C18H15N7O. The zero-order valence-electron chi connectivity index (χ0n) is 13.7. The summed E-state index contributed by atoms with van der Waals surface area (Å²) in [6, 6.07) is 11.1. The minimum Gasteiger partial charge on any atom is -0.348 e. The number of hydrogen-bond donors (Lipinski definition) is 1. The van der Waals surface area contributed by atoms with Gasteiger partial charge in [-0.15, -0.1) is 5.10 Å². The van der Waals surface area contributed by atoms with E-state index in [2.05, 4.69) is 25.6 Å². The first-order valence-electron chi connectivity index (χ1n) is 7.98. The van der Waals surface area contributed by atoms with Gasteiger partial charge < -0.3 is 5.32 Å². The first-order chi connectivity index (χ1) is 12.8. The standard InChI is InChI=1S/C18H15N7O/c26-18(15-3-1-2-4-16(15)25-10-8-22-23-25)21-12-14-5-6-17(20-11-14)24-9-7-19-13-24/h1-11,13H,12H2,(H,21,26). The molecule has 0 bridgehead atoms. The van der Waals surface area contributed by atoms with Crippen molar-refractivity contribution in [1.29, 1.82) is 0 Å². The molecule has 0 saturated carbocycles. The average Bonchev–Trinajstić information content (AvgIpc) is 3.40. The van der Waals surface area contributed by atoms with Gasteiger partial charge in [0.05, 0.1) is 23.6 Å². The maximum atomic E-state index is 12.6. The van der Waals surface area contributed by atoms with Crippen molar-refractivity contribution >= 4 is 5.91 Å². The quantitative estimate of drug-likeness (QED) is 0.595. The lowest BCUT2D eigenvalue weighted by molar-refractivity contribution is 0.0950. The lowest BCUT2D eigenvalue weighted by Crippen LogP contribution is -2.24. The average molecular weight is 345 g/mol. The van der Waals surface area contributed by atoms with Gasteiger partial charge in [-0.05, 0) is 23.8 Å². The number of hydrogen-bond acceptors (Lipinski definition) is 5. The number of imidazole rings is 1. The summed E-state index contributed by atoms with van der Waals surface area (Å²) >= 11 is 0. The number of benzene rings is 1. The Hall–Kier alpha value is -3.81. The first-order valence-corrected chi connectivity index (χ1v) is 7.98. The lowest BCUT2D eigenvalue weighted by Gasteiger charge is -2.10. The van der Waals surface area contributed by atoms with Gasteiger partial charge >= 0.3 is 0 Å². The molecule has 3 heterocycles. The molecule has 0 aliphatic carbocycles. The topological polar surface area (TPSA) is 90.5 Å². The maximum absolute atomic E-state index is 12.6. The number of amides is 1. The van der Waals surface area contributed by atoms with Crippen LogP contribution in [0.2, 0.25) is 0 Å². The van der Waals surface area contributed by atoms with Gasteiger partial charge in [0.15, 0.2) is 0 Å². The Labute approximate surface area is 149 Å². The van der Waals surface area contributed by atoms with Gasteiger partial charge in [-0.25, -0.2) is 14.6 Å². The molecule has 4 aromatic rings. The molecule has 1 aromatic carbocycles. The highest BCUT2D eigenvalue weighted by molar-refractivity contribution is 5.97. The van der Waals surface area contributed by atoms with Crippen LogP contribution in [0.1, 0.15) is 15.9 Å². The third kappa shape index (κ3) is 3.20. The number of pyridine rings is 1. The minimum absolute atomic E-state index is 0.185. The van der Waals surface area contributed by atoms with E-state index in [0.717, 1.165) is 11.4 Å². The molecule has 1 amide bonds. The van der Waals surface area contributed by atoms with Crippen LogP contribution in [0.25, 0.3) is 11.5 Å². The molecule has 8 nitrogen and oxygen atoms in total. The van der Waals surface area contributed by atoms with Crippen LogP contribution in [0.4, 0.5) is 0 Å². The molecule has 0 fully saturated rings. The van der Waals surface area contributed by atoms with Crippen LogP contribution < -0.4 is 5.32 Å². The van der Waals surface area contributed by atoms with Crippen LogP contribution in [-0.4, -0.2) is 35.4 Å². The van der Waals surface area contributed by atoms with Gasteiger partial charge in [0.1, 0.15) is 12.1 Å². The molecule has 0 radical (unpaired) electrons. The second-order valence-corrected chi connectivity index (χ2v) is 5.54. The van der Waals surface area contributed by atoms with Gasteiger partial charge in [-0.3, -0.25) is 9.36 Å². The number of nitrogens with one attached hydrogen (secondary N) is 1. The van der Waals surface area contributed by atoms with Gasteiger partial charge in [0, 0.05) is 25.1 Å². The molecule has 1 N–H and O–H groups in total. The first kappa shape index (κ1) is 15.7. The lowest BCUT2D eigenvalue weighted by atomic mass is 10.1. The van der Waals surface area contributed by atoms with E-state index >= 15 is 0 Å². The summed E-state index contributed by atoms with van der Waals surface area (Å²) in [6.07, 6.45) is 10.2. The fourth-order valence-corrected chi connectivity index (χ4v) is 2.55. The molecule has 0 saturated heterocycles. The van der Waals surface area contributed by atoms with E-state index in [-0.39, 0.29) is 5.91 Å². The Morgan fingerprint density at radius 1 is 1.08 bits per heavy atom. The Balaban J connectivity index is 1.46. The van der Waals surface area contributed by atoms with E-state index < -0.39 is 0 Å². The van der Waals surface area contributed by atoms with Crippen LogP contribution >= 0.6 is 0 Å². The smallest absolute Gasteiger partial charge is 0.253 e. The highest BCUT2D eigenvalue weighted by Gasteiger charge is 2.12. The van der Waals surface area contributed by atoms with Gasteiger partial charge in [0.25, 0.3) is 5.91 Å². The molecule has 0 atom stereocenters. The number of carbonyl (C=O) groups excluding carboxylic acids is 1. The van der Waals surface area contributed by atoms with E-state index in [9.17, 15) is 4.79 Å². The molecule has 8 heteroatoms. The summed E-state index contributed by atoms with van der Waals surface area (Å²) in [5.41, 5.74) is 2.11. The summed E-state index contributed by atoms with van der Waals surface area (Å²) in [6.45, 7) is 0.377. The van der Waals surface area contributed by atoms with Gasteiger partial charge in [-0.1, -0.05) is 23.4 Å². The van der Waals surface area contributed by atoms with Crippen molar-refractivity contribution in [2.45, 2.75) is 6.54 Å². The normalized spacial score (nSPS) is 10.6. The molecule has 0 aliphatic heterocycles. The summed E-state index contributed by atoms with van der Waals surface area (Å²) in [5.74, 6) is 0.587. The Kier molecular flexibility index (Phi) is 4.21. The van der Waals surface area contributed by atoms with Crippen molar-refractivity contribution in [3.63, 3.8) is 0 Å². The number of aromatic nitrogens is 6. The molecular weight excluding hydrogens is 330 g/mol. The van der Waals surface area contributed by atoms with Gasteiger partial charge in [-0.2, -0.15) is 0 Å². The van der Waals surface area contributed by atoms with E-state index in [1.54, 1.807) is 41.9 Å². The zero-order valence-corrected chi connectivity index (χ0v) is 13.7. The van der Waals surface area contributed by atoms with Crippen LogP contribution in [0.5, 0.6) is 0 Å². The molecule has 3 aromatic heterocycles. The molecule has 4 rings (SSSR count). The SMILES string of the molecule is O=C(NCc1ccc(-n2ccnc2)nc1)c1ccccc1-n1ccnn1. The van der Waals surface area contributed by atoms with Crippen molar-refractivity contribution in [3.8, 4) is 11.5 Å². The number of para-hydroxylation sites is 1. The van der Waals surface area contributed by atoms with E-state index in [4.69, 9.17) is 0 Å². The van der Waals surface area contributed by atoms with Crippen molar-refractivity contribution in [3.05, 3.63) is 84.8 Å². The Bertz CT molecular complexity index is 992. The predicted octanol–water partition coefficient (Wildman–Crippen LogP) is 1.78. The van der Waals surface area contributed by atoms with Crippen molar-refractivity contribution in [2.75, 3.05) is 0 Å². The van der Waals surface area contributed by atoms with Crippen LogP contribution in [0.3, 0.4) is 0 Å². The summed E-state index contributed by atoms with van der Waals surface area (Å²) in [5, 5.41) is 10.7. The fourth-order valence-electron chi connectivity index (χ4n) is 2.55. The third-order valence-electron chi connectivity index (χ3n) is 3.85. The second-order valence-electron chi connectivity index (χ2n) is 5.54. The zero-order chi connectivity index (χ0) is 17.8. The van der Waals surface area contributed by atoms with Crippen LogP contribution in [0.15, 0.2) is 73.7 Å². The molecule has 26 heavy (non-hydrogen) atoms. The Morgan fingerprint density at radius 2 is 2.00 bits per heavy atom. The summed E-state index contributed by atoms with van der Waals surface area (Å²) in [7, 11) is 0. The third-order valence-corrected chi connectivity index (χ3v) is 3.85. The molecule has 0 spiro atoms. The van der Waals surface area contributed by atoms with E-state index in [1.165, 1.54) is 0 Å². The molecule has 0 unspecified atom stereocenters. The molecule has 0 aliphatic rings. The number of nitrogens with zero attached hydrogens (tertiary/aromatic N) is 6. The van der Waals surface area contributed by atoms with Gasteiger partial charge in [0.2, 0.25) is 0 Å². The van der Waals surface area contributed by atoms with Crippen LogP contribution in [0, 0.1) is 0 Å². The second kappa shape index (κ2) is 6.98. The molecule has 128 valence electrons. The van der Waals surface area contributed by atoms with Crippen molar-refractivity contribution < 1.29 is 4.79 Å². The fraction of sp³-hybridized carbons (Fsp3) is 0.0556. The van der Waals surface area contributed by atoms with Crippen molar-refractivity contribution in [1.82, 2.24) is 34.8 Å². The number of carbonyl (C=O) groups is 1. The highest BCUT2D eigenvalue weighted by atomic mass is 16.1. The van der Waals surface area contributed by atoms with E-state index in [1.807, 2.05) is 41.1 Å². The Morgan fingerprint density at radius 3 is 2.73 bits per heavy atom. The number of rotatable bonds is 5. The van der Waals surface area contributed by atoms with Crippen molar-refractivity contribution in [2.24, 2.45) is 0 Å². The largest absolute Gasteiger partial charge is 0.348 e. The summed E-state index contributed by atoms with van der Waals surface area (Å²) in [4.78, 5) is 21.0.